The monoisotopic (exact) mass is 188 g/mol. The number of hydrogen-bond acceptors (Lipinski definition) is 5. The summed E-state index contributed by atoms with van der Waals surface area (Å²) < 4.78 is 0.854. The van der Waals surface area contributed by atoms with Crippen LogP contribution in [0.15, 0.2) is 9.85 Å². The quantitative estimate of drug-likeness (QED) is 0.676. The van der Waals surface area contributed by atoms with E-state index in [0.717, 1.165) is 4.34 Å². The minimum Gasteiger partial charge on any atom is -0.299 e. The van der Waals surface area contributed by atoms with Crippen LogP contribution in [0, 0.1) is 0 Å². The number of nitrogens with zero attached hydrogens (tertiary/aromatic N) is 2. The summed E-state index contributed by atoms with van der Waals surface area (Å²) in [5, 5.41) is 7.48. The molecule has 0 fully saturated rings. The highest BCUT2D eigenvalue weighted by molar-refractivity contribution is 8.02. The normalized spacial score (nSPS) is 12.9. The van der Waals surface area contributed by atoms with Crippen molar-refractivity contribution in [3.05, 3.63) is 5.51 Å². The minimum absolute atomic E-state index is 0.0112. The van der Waals surface area contributed by atoms with Crippen molar-refractivity contribution in [1.82, 2.24) is 10.2 Å². The highest BCUT2D eigenvalue weighted by Gasteiger charge is 2.10. The first-order valence-corrected chi connectivity index (χ1v) is 4.89. The van der Waals surface area contributed by atoms with Gasteiger partial charge in [-0.3, -0.25) is 4.79 Å². The van der Waals surface area contributed by atoms with Crippen molar-refractivity contribution in [2.24, 2.45) is 0 Å². The highest BCUT2D eigenvalue weighted by atomic mass is 32.2. The Bertz CT molecular complexity index is 235. The Morgan fingerprint density at radius 2 is 2.55 bits per heavy atom. The Morgan fingerprint density at radius 3 is 3.00 bits per heavy atom. The van der Waals surface area contributed by atoms with Gasteiger partial charge in [0.25, 0.3) is 0 Å². The molecule has 0 amide bonds. The second-order valence-corrected chi connectivity index (χ2v) is 4.50. The summed E-state index contributed by atoms with van der Waals surface area (Å²) in [6, 6.07) is 0. The van der Waals surface area contributed by atoms with Crippen LogP contribution in [0.25, 0.3) is 0 Å². The molecular formula is C6H8N2OS2. The predicted molar refractivity (Wildman–Crippen MR) is 45.9 cm³/mol. The average Bonchev–Trinajstić information content (AvgIpc) is 2.39. The van der Waals surface area contributed by atoms with Gasteiger partial charge in [0.05, 0.1) is 5.25 Å². The molecule has 60 valence electrons. The average molecular weight is 188 g/mol. The predicted octanol–water partition coefficient (Wildman–Crippen LogP) is 1.61. The lowest BCUT2D eigenvalue weighted by atomic mass is 10.3. The van der Waals surface area contributed by atoms with Gasteiger partial charge in [0.2, 0.25) is 0 Å². The van der Waals surface area contributed by atoms with Gasteiger partial charge in [-0.1, -0.05) is 23.1 Å². The third kappa shape index (κ3) is 2.59. The second kappa shape index (κ2) is 3.82. The van der Waals surface area contributed by atoms with Gasteiger partial charge in [-0.2, -0.15) is 0 Å². The van der Waals surface area contributed by atoms with Crippen LogP contribution < -0.4 is 0 Å². The minimum atomic E-state index is -0.0112. The second-order valence-electron chi connectivity index (χ2n) is 2.08. The molecule has 1 unspecified atom stereocenters. The van der Waals surface area contributed by atoms with Crippen LogP contribution >= 0.6 is 23.1 Å². The molecule has 1 rings (SSSR count). The van der Waals surface area contributed by atoms with E-state index in [1.807, 2.05) is 6.92 Å². The Labute approximate surface area is 73.2 Å². The molecule has 5 heteroatoms. The van der Waals surface area contributed by atoms with Gasteiger partial charge in [-0.15, -0.1) is 10.2 Å². The van der Waals surface area contributed by atoms with Crippen molar-refractivity contribution in [3.8, 4) is 0 Å². The largest absolute Gasteiger partial charge is 0.299 e. The first kappa shape index (κ1) is 8.67. The van der Waals surface area contributed by atoms with Gasteiger partial charge < -0.3 is 0 Å². The van der Waals surface area contributed by atoms with Gasteiger partial charge in [-0.25, -0.2) is 0 Å². The van der Waals surface area contributed by atoms with Crippen LogP contribution in [0.3, 0.4) is 0 Å². The number of rotatable bonds is 3. The van der Waals surface area contributed by atoms with Crippen molar-refractivity contribution in [3.63, 3.8) is 0 Å². The van der Waals surface area contributed by atoms with Crippen LogP contribution in [0.1, 0.15) is 13.8 Å². The molecule has 0 aliphatic heterocycles. The zero-order chi connectivity index (χ0) is 8.27. The molecule has 0 aliphatic rings. The maximum Gasteiger partial charge on any atom is 0.174 e. The third-order valence-electron chi connectivity index (χ3n) is 1.19. The fourth-order valence-corrected chi connectivity index (χ4v) is 2.07. The smallest absolute Gasteiger partial charge is 0.174 e. The summed E-state index contributed by atoms with van der Waals surface area (Å²) in [6.45, 7) is 3.45. The van der Waals surface area contributed by atoms with Crippen LogP contribution in [-0.4, -0.2) is 21.2 Å². The summed E-state index contributed by atoms with van der Waals surface area (Å²) >= 11 is 2.91. The number of ketones is 1. The maximum absolute atomic E-state index is 10.8. The highest BCUT2D eigenvalue weighted by Crippen LogP contribution is 2.24. The van der Waals surface area contributed by atoms with E-state index >= 15 is 0 Å². The number of aromatic nitrogens is 2. The fraction of sp³-hybridized carbons (Fsp3) is 0.500. The first-order chi connectivity index (χ1) is 5.20. The van der Waals surface area contributed by atoms with Crippen LogP contribution in [-0.2, 0) is 4.79 Å². The van der Waals surface area contributed by atoms with Crippen molar-refractivity contribution in [2.45, 2.75) is 23.4 Å². The van der Waals surface area contributed by atoms with Crippen molar-refractivity contribution in [1.29, 1.82) is 0 Å². The number of hydrogen-bond donors (Lipinski definition) is 0. The van der Waals surface area contributed by atoms with Crippen molar-refractivity contribution >= 4 is 28.9 Å². The zero-order valence-corrected chi connectivity index (χ0v) is 7.91. The molecule has 11 heavy (non-hydrogen) atoms. The third-order valence-corrected chi connectivity index (χ3v) is 3.22. The molecule has 1 aromatic rings. The zero-order valence-electron chi connectivity index (χ0n) is 6.27. The lowest BCUT2D eigenvalue weighted by molar-refractivity contribution is -0.116. The van der Waals surface area contributed by atoms with Gasteiger partial charge in [-0.05, 0) is 13.8 Å². The van der Waals surface area contributed by atoms with E-state index in [0.29, 0.717) is 0 Å². The first-order valence-electron chi connectivity index (χ1n) is 3.13. The van der Waals surface area contributed by atoms with E-state index in [2.05, 4.69) is 10.2 Å². The SMILES string of the molecule is CC(=O)C(C)Sc1nncs1. The maximum atomic E-state index is 10.8. The van der Waals surface area contributed by atoms with Crippen molar-refractivity contribution < 1.29 is 4.79 Å². The van der Waals surface area contributed by atoms with Crippen LogP contribution in [0.5, 0.6) is 0 Å². The molecule has 1 aromatic heterocycles. The molecule has 0 N–H and O–H groups in total. The van der Waals surface area contributed by atoms with E-state index in [1.165, 1.54) is 23.1 Å². The van der Waals surface area contributed by atoms with Gasteiger partial charge in [0, 0.05) is 0 Å². The van der Waals surface area contributed by atoms with E-state index in [9.17, 15) is 4.79 Å². The number of carbonyl (C=O) groups excluding carboxylic acids is 1. The number of carbonyl (C=O) groups is 1. The van der Waals surface area contributed by atoms with Crippen LogP contribution in [0.2, 0.25) is 0 Å². The Kier molecular flexibility index (Phi) is 3.02. The Morgan fingerprint density at radius 1 is 1.82 bits per heavy atom. The summed E-state index contributed by atoms with van der Waals surface area (Å²) in [5.41, 5.74) is 1.66. The Hall–Kier alpha value is -0.420. The van der Waals surface area contributed by atoms with E-state index in [1.54, 1.807) is 12.4 Å². The van der Waals surface area contributed by atoms with E-state index in [-0.39, 0.29) is 11.0 Å². The van der Waals surface area contributed by atoms with Gasteiger partial charge >= 0.3 is 0 Å². The van der Waals surface area contributed by atoms with Gasteiger partial charge in [0.15, 0.2) is 4.34 Å². The molecule has 0 spiro atoms. The summed E-state index contributed by atoms with van der Waals surface area (Å²) in [6.07, 6.45) is 0. The lowest BCUT2D eigenvalue weighted by Crippen LogP contribution is -2.07. The van der Waals surface area contributed by atoms with Crippen molar-refractivity contribution in [2.75, 3.05) is 0 Å². The molecule has 0 saturated heterocycles. The number of Topliss-reactive ketones (excluding diaryl/α,β-unsaturated/α-hetero) is 1. The molecule has 0 aliphatic carbocycles. The van der Waals surface area contributed by atoms with E-state index < -0.39 is 0 Å². The molecular weight excluding hydrogens is 180 g/mol. The summed E-state index contributed by atoms with van der Waals surface area (Å²) in [4.78, 5) is 10.8. The van der Waals surface area contributed by atoms with Gasteiger partial charge in [0.1, 0.15) is 11.3 Å². The molecule has 1 heterocycles. The lowest BCUT2D eigenvalue weighted by Gasteiger charge is -2.01. The molecule has 0 saturated carbocycles. The topological polar surface area (TPSA) is 42.9 Å². The number of thioether (sulfide) groups is 1. The molecule has 0 radical (unpaired) electrons. The molecule has 0 aromatic carbocycles. The summed E-state index contributed by atoms with van der Waals surface area (Å²) in [5.74, 6) is 0.171. The Balaban J connectivity index is 2.50. The van der Waals surface area contributed by atoms with E-state index in [4.69, 9.17) is 0 Å². The standard InChI is InChI=1S/C6H8N2OS2/c1-4(9)5(2)11-6-8-7-3-10-6/h3,5H,1-2H3. The molecule has 1 atom stereocenters. The molecule has 3 nitrogen and oxygen atoms in total. The summed E-state index contributed by atoms with van der Waals surface area (Å²) in [7, 11) is 0. The fourth-order valence-electron chi connectivity index (χ4n) is 0.448. The van der Waals surface area contributed by atoms with Crippen LogP contribution in [0.4, 0.5) is 0 Å². The molecule has 0 bridgehead atoms.